The third kappa shape index (κ3) is 2.78. The minimum absolute atomic E-state index is 0.0511. The molecular weight excluding hydrogens is 266 g/mol. The molecule has 0 aromatic heterocycles. The maximum atomic E-state index is 12.7. The van der Waals surface area contributed by atoms with Crippen LogP contribution in [0.2, 0.25) is 0 Å². The van der Waals surface area contributed by atoms with E-state index in [0.717, 1.165) is 42.7 Å². The number of nitrogens with one attached hydrogen (secondary N) is 2. The number of benzene rings is 1. The van der Waals surface area contributed by atoms with Crippen LogP contribution >= 0.6 is 0 Å². The molecule has 0 saturated carbocycles. The number of carbonyl (C=O) groups excluding carboxylic acids is 2. The molecule has 2 aliphatic rings. The van der Waals surface area contributed by atoms with Gasteiger partial charge in [-0.05, 0) is 50.1 Å². The Kier molecular flexibility index (Phi) is 3.92. The quantitative estimate of drug-likeness (QED) is 0.883. The molecule has 112 valence electrons. The number of fused-ring (bicyclic) bond motifs is 1. The van der Waals surface area contributed by atoms with E-state index in [1.54, 1.807) is 0 Å². The van der Waals surface area contributed by atoms with Crippen molar-refractivity contribution >= 4 is 17.5 Å². The molecule has 0 aliphatic carbocycles. The van der Waals surface area contributed by atoms with E-state index in [9.17, 15) is 9.59 Å². The Hall–Kier alpha value is -1.88. The maximum Gasteiger partial charge on any atom is 0.254 e. The van der Waals surface area contributed by atoms with Gasteiger partial charge in [-0.3, -0.25) is 9.59 Å². The summed E-state index contributed by atoms with van der Waals surface area (Å²) in [5, 5.41) is 6.01. The Balaban J connectivity index is 1.80. The first-order chi connectivity index (χ1) is 10.2. The molecule has 21 heavy (non-hydrogen) atoms. The minimum atomic E-state index is 0.0511. The molecule has 2 aliphatic heterocycles. The van der Waals surface area contributed by atoms with E-state index in [4.69, 9.17) is 0 Å². The number of hydrogen-bond acceptors (Lipinski definition) is 3. The van der Waals surface area contributed by atoms with Crippen molar-refractivity contribution in [2.24, 2.45) is 0 Å². The molecule has 2 heterocycles. The van der Waals surface area contributed by atoms with Crippen molar-refractivity contribution in [1.29, 1.82) is 0 Å². The van der Waals surface area contributed by atoms with Gasteiger partial charge in [0, 0.05) is 36.8 Å². The second-order valence-corrected chi connectivity index (χ2v) is 5.77. The molecular formula is C16H21N3O2. The third-order valence-electron chi connectivity index (χ3n) is 4.33. The molecule has 0 spiro atoms. The van der Waals surface area contributed by atoms with Crippen molar-refractivity contribution in [2.75, 3.05) is 25.5 Å². The number of amides is 2. The first-order valence-electron chi connectivity index (χ1n) is 7.57. The van der Waals surface area contributed by atoms with Crippen LogP contribution in [0.1, 0.15) is 35.2 Å². The van der Waals surface area contributed by atoms with Crippen LogP contribution in [0.5, 0.6) is 0 Å². The molecule has 1 atom stereocenters. The Morgan fingerprint density at radius 1 is 1.43 bits per heavy atom. The lowest BCUT2D eigenvalue weighted by molar-refractivity contribution is -0.116. The highest BCUT2D eigenvalue weighted by molar-refractivity contribution is 5.98. The Morgan fingerprint density at radius 2 is 2.29 bits per heavy atom. The van der Waals surface area contributed by atoms with Crippen LogP contribution < -0.4 is 10.6 Å². The van der Waals surface area contributed by atoms with E-state index < -0.39 is 0 Å². The maximum absolute atomic E-state index is 12.7. The van der Waals surface area contributed by atoms with Crippen molar-refractivity contribution in [2.45, 2.75) is 31.7 Å². The molecule has 1 unspecified atom stereocenters. The average Bonchev–Trinajstić information content (AvgIpc) is 2.94. The monoisotopic (exact) mass is 287 g/mol. The van der Waals surface area contributed by atoms with Gasteiger partial charge in [-0.2, -0.15) is 0 Å². The molecule has 5 heteroatoms. The molecule has 2 N–H and O–H groups in total. The molecule has 1 aromatic rings. The lowest BCUT2D eigenvalue weighted by Gasteiger charge is -2.25. The lowest BCUT2D eigenvalue weighted by atomic mass is 10.00. The average molecular weight is 287 g/mol. The smallest absolute Gasteiger partial charge is 0.254 e. The summed E-state index contributed by atoms with van der Waals surface area (Å²) in [6.45, 7) is 1.67. The summed E-state index contributed by atoms with van der Waals surface area (Å²) in [5.74, 6) is 0.155. The summed E-state index contributed by atoms with van der Waals surface area (Å²) in [4.78, 5) is 26.0. The number of rotatable bonds is 3. The number of hydrogen-bond donors (Lipinski definition) is 2. The molecule has 1 aromatic carbocycles. The molecule has 0 bridgehead atoms. The zero-order valence-corrected chi connectivity index (χ0v) is 12.3. The normalized spacial score (nSPS) is 21.1. The minimum Gasteiger partial charge on any atom is -0.334 e. The van der Waals surface area contributed by atoms with Gasteiger partial charge in [-0.15, -0.1) is 0 Å². The van der Waals surface area contributed by atoms with Gasteiger partial charge >= 0.3 is 0 Å². The van der Waals surface area contributed by atoms with Crippen molar-refractivity contribution in [3.8, 4) is 0 Å². The number of nitrogens with zero attached hydrogens (tertiary/aromatic N) is 1. The fourth-order valence-corrected chi connectivity index (χ4v) is 3.23. The van der Waals surface area contributed by atoms with Crippen LogP contribution in [0.15, 0.2) is 18.2 Å². The summed E-state index contributed by atoms with van der Waals surface area (Å²) in [7, 11) is 1.92. The summed E-state index contributed by atoms with van der Waals surface area (Å²) >= 11 is 0. The van der Waals surface area contributed by atoms with Crippen LogP contribution in [0.25, 0.3) is 0 Å². The zero-order valence-electron chi connectivity index (χ0n) is 12.3. The SMILES string of the molecule is CNCC1CCCN1C(=O)c1ccc2c(c1)CCC(=O)N2. The van der Waals surface area contributed by atoms with E-state index in [0.29, 0.717) is 18.9 Å². The Morgan fingerprint density at radius 3 is 3.10 bits per heavy atom. The van der Waals surface area contributed by atoms with Gasteiger partial charge < -0.3 is 15.5 Å². The summed E-state index contributed by atoms with van der Waals surface area (Å²) < 4.78 is 0. The van der Waals surface area contributed by atoms with E-state index >= 15 is 0 Å². The number of carbonyl (C=O) groups is 2. The first kappa shape index (κ1) is 14.1. The molecule has 1 saturated heterocycles. The van der Waals surface area contributed by atoms with Crippen molar-refractivity contribution in [1.82, 2.24) is 10.2 Å². The van der Waals surface area contributed by atoms with Gasteiger partial charge in [0.2, 0.25) is 5.91 Å². The van der Waals surface area contributed by atoms with Gasteiger partial charge in [0.25, 0.3) is 5.91 Å². The van der Waals surface area contributed by atoms with Gasteiger partial charge in [0.1, 0.15) is 0 Å². The largest absolute Gasteiger partial charge is 0.334 e. The number of likely N-dealkylation sites (N-methyl/N-ethyl adjacent to an activating group) is 1. The van der Waals surface area contributed by atoms with Crippen LogP contribution in [0.3, 0.4) is 0 Å². The predicted octanol–water partition coefficient (Wildman–Crippen LogP) is 1.40. The second-order valence-electron chi connectivity index (χ2n) is 5.77. The predicted molar refractivity (Wildman–Crippen MR) is 81.4 cm³/mol. The highest BCUT2D eigenvalue weighted by atomic mass is 16.2. The third-order valence-corrected chi connectivity index (χ3v) is 4.33. The summed E-state index contributed by atoms with van der Waals surface area (Å²) in [6, 6.07) is 5.90. The van der Waals surface area contributed by atoms with Crippen molar-refractivity contribution in [3.05, 3.63) is 29.3 Å². The fourth-order valence-electron chi connectivity index (χ4n) is 3.23. The van der Waals surface area contributed by atoms with Crippen LogP contribution in [0.4, 0.5) is 5.69 Å². The Labute approximate surface area is 124 Å². The molecule has 2 amide bonds. The molecule has 1 fully saturated rings. The summed E-state index contributed by atoms with van der Waals surface area (Å²) in [6.07, 6.45) is 3.34. The van der Waals surface area contributed by atoms with Gasteiger partial charge in [-0.1, -0.05) is 0 Å². The van der Waals surface area contributed by atoms with E-state index in [1.807, 2.05) is 30.1 Å². The molecule has 3 rings (SSSR count). The molecule has 0 radical (unpaired) electrons. The number of likely N-dealkylation sites (tertiary alicyclic amines) is 1. The van der Waals surface area contributed by atoms with Crippen LogP contribution in [-0.4, -0.2) is 42.9 Å². The Bertz CT molecular complexity index is 571. The van der Waals surface area contributed by atoms with Crippen molar-refractivity contribution < 1.29 is 9.59 Å². The highest BCUT2D eigenvalue weighted by Gasteiger charge is 2.29. The van der Waals surface area contributed by atoms with E-state index in [2.05, 4.69) is 10.6 Å². The van der Waals surface area contributed by atoms with Gasteiger partial charge in [0.15, 0.2) is 0 Å². The van der Waals surface area contributed by atoms with Crippen molar-refractivity contribution in [3.63, 3.8) is 0 Å². The summed E-state index contributed by atoms with van der Waals surface area (Å²) in [5.41, 5.74) is 2.63. The second kappa shape index (κ2) is 5.85. The lowest BCUT2D eigenvalue weighted by Crippen LogP contribution is -2.40. The topological polar surface area (TPSA) is 61.4 Å². The number of aryl methyl sites for hydroxylation is 1. The van der Waals surface area contributed by atoms with Crippen LogP contribution in [-0.2, 0) is 11.2 Å². The highest BCUT2D eigenvalue weighted by Crippen LogP contribution is 2.26. The van der Waals surface area contributed by atoms with Gasteiger partial charge in [-0.25, -0.2) is 0 Å². The van der Waals surface area contributed by atoms with E-state index in [1.165, 1.54) is 0 Å². The standard InChI is InChI=1S/C16H21N3O2/c1-17-10-13-3-2-8-19(13)16(21)12-4-6-14-11(9-12)5-7-15(20)18-14/h4,6,9,13,17H,2-3,5,7-8,10H2,1H3,(H,18,20). The van der Waals surface area contributed by atoms with Gasteiger partial charge in [0.05, 0.1) is 0 Å². The number of anilines is 1. The zero-order chi connectivity index (χ0) is 14.8. The van der Waals surface area contributed by atoms with E-state index in [-0.39, 0.29) is 11.8 Å². The van der Waals surface area contributed by atoms with Crippen LogP contribution in [0, 0.1) is 0 Å². The first-order valence-corrected chi connectivity index (χ1v) is 7.57. The fraction of sp³-hybridized carbons (Fsp3) is 0.500. The molecule has 5 nitrogen and oxygen atoms in total.